The number of hydrogen-bond donors (Lipinski definition) is 4. The monoisotopic (exact) mass is 466 g/mol. The van der Waals surface area contributed by atoms with Crippen LogP contribution in [-0.4, -0.2) is 101 Å². The average molecular weight is 467 g/mol. The second-order valence-corrected chi connectivity index (χ2v) is 7.93. The number of alkyl halides is 2. The highest BCUT2D eigenvalue weighted by Gasteiger charge is 2.45. The van der Waals surface area contributed by atoms with Gasteiger partial charge in [-0.3, -0.25) is 4.84 Å². The highest BCUT2D eigenvalue weighted by Crippen LogP contribution is 2.24. The minimum atomic E-state index is -1.44. The van der Waals surface area contributed by atoms with Gasteiger partial charge in [0.2, 0.25) is 0 Å². The van der Waals surface area contributed by atoms with Crippen LogP contribution in [0.5, 0.6) is 0 Å². The third-order valence-corrected chi connectivity index (χ3v) is 5.58. The highest BCUT2D eigenvalue weighted by atomic mass is 35.5. The summed E-state index contributed by atoms with van der Waals surface area (Å²) < 4.78 is 5.54. The molecule has 0 amide bonds. The van der Waals surface area contributed by atoms with Gasteiger partial charge in [0.05, 0.1) is 13.7 Å². The molecular weight excluding hydrogens is 435 g/mol. The number of hydrogen-bond acceptors (Lipinski definition) is 8. The van der Waals surface area contributed by atoms with E-state index in [1.165, 1.54) is 12.2 Å². The summed E-state index contributed by atoms with van der Waals surface area (Å²) in [6, 6.07) is 8.19. The Balaban J connectivity index is 1.91. The van der Waals surface area contributed by atoms with Crippen LogP contribution in [0.3, 0.4) is 0 Å². The van der Waals surface area contributed by atoms with Crippen molar-refractivity contribution in [3.8, 4) is 0 Å². The summed E-state index contributed by atoms with van der Waals surface area (Å²) in [5.41, 5.74) is 2.21. The predicted octanol–water partition coefficient (Wildman–Crippen LogP) is 0.566. The van der Waals surface area contributed by atoms with Gasteiger partial charge >= 0.3 is 0 Å². The molecule has 0 saturated carbocycles. The number of anilines is 1. The van der Waals surface area contributed by atoms with Gasteiger partial charge in [-0.2, -0.15) is 5.06 Å². The van der Waals surface area contributed by atoms with E-state index < -0.39 is 37.3 Å². The summed E-state index contributed by atoms with van der Waals surface area (Å²) in [6.45, 7) is 1.41. The molecule has 0 spiro atoms. The number of aryl methyl sites for hydroxylation is 1. The van der Waals surface area contributed by atoms with Crippen LogP contribution in [0.25, 0.3) is 0 Å². The van der Waals surface area contributed by atoms with E-state index in [1.54, 1.807) is 0 Å². The van der Waals surface area contributed by atoms with Gasteiger partial charge in [0.15, 0.2) is 6.23 Å². The van der Waals surface area contributed by atoms with Crippen LogP contribution in [0.2, 0.25) is 0 Å². The third-order valence-electron chi connectivity index (χ3n) is 5.24. The lowest BCUT2D eigenvalue weighted by Crippen LogP contribution is -2.63. The Labute approximate surface area is 187 Å². The van der Waals surface area contributed by atoms with Gasteiger partial charge in [-0.05, 0) is 30.5 Å². The Morgan fingerprint density at radius 2 is 1.60 bits per heavy atom. The number of halogens is 2. The zero-order valence-electron chi connectivity index (χ0n) is 17.1. The molecule has 0 aromatic heterocycles. The zero-order valence-corrected chi connectivity index (χ0v) is 18.6. The molecule has 1 aliphatic heterocycles. The van der Waals surface area contributed by atoms with Crippen LogP contribution in [-0.2, 0) is 16.0 Å². The Morgan fingerprint density at radius 1 is 0.967 bits per heavy atom. The summed E-state index contributed by atoms with van der Waals surface area (Å²) in [4.78, 5) is 7.46. The number of hydroxylamine groups is 2. The highest BCUT2D eigenvalue weighted by molar-refractivity contribution is 6.18. The molecule has 5 atom stereocenters. The number of benzene rings is 1. The van der Waals surface area contributed by atoms with E-state index in [-0.39, 0.29) is 0 Å². The van der Waals surface area contributed by atoms with Crippen molar-refractivity contribution in [2.45, 2.75) is 43.5 Å². The van der Waals surface area contributed by atoms with Gasteiger partial charge in [0, 0.05) is 37.1 Å². The lowest BCUT2D eigenvalue weighted by Gasteiger charge is -2.43. The van der Waals surface area contributed by atoms with Crippen molar-refractivity contribution in [3.05, 3.63) is 29.8 Å². The van der Waals surface area contributed by atoms with Crippen molar-refractivity contribution < 1.29 is 30.0 Å². The Kier molecular flexibility index (Phi) is 11.1. The molecule has 0 unspecified atom stereocenters. The van der Waals surface area contributed by atoms with Crippen LogP contribution in [0, 0.1) is 0 Å². The standard InChI is InChI=1S/C20H32Cl2N2O6/c1-29-24(20-19(28)18(27)17(26)16(13-25)30-20)10-2-3-14-4-6-15(7-5-14)23(11-8-21)12-9-22/h4-7,16-20,25-28H,2-3,8-13H2,1H3/t16-,17+,18+,19+,20-/m1/s1. The number of nitrogens with zero attached hydrogens (tertiary/aromatic N) is 2. The fourth-order valence-corrected chi connectivity index (χ4v) is 3.94. The number of aliphatic hydroxyl groups excluding tert-OH is 4. The minimum absolute atomic E-state index is 0.422. The first kappa shape index (κ1) is 25.6. The summed E-state index contributed by atoms with van der Waals surface area (Å²) in [7, 11) is 1.44. The van der Waals surface area contributed by atoms with Crippen molar-refractivity contribution in [1.29, 1.82) is 0 Å². The molecule has 0 radical (unpaired) electrons. The normalized spacial score (nSPS) is 26.9. The maximum atomic E-state index is 10.2. The lowest BCUT2D eigenvalue weighted by molar-refractivity contribution is -0.327. The van der Waals surface area contributed by atoms with Gasteiger partial charge in [-0.1, -0.05) is 12.1 Å². The lowest BCUT2D eigenvalue weighted by atomic mass is 9.98. The van der Waals surface area contributed by atoms with Gasteiger partial charge < -0.3 is 30.1 Å². The van der Waals surface area contributed by atoms with Crippen molar-refractivity contribution in [2.24, 2.45) is 0 Å². The summed E-state index contributed by atoms with van der Waals surface area (Å²) in [5.74, 6) is 1.06. The maximum absolute atomic E-state index is 10.2. The second-order valence-electron chi connectivity index (χ2n) is 7.18. The zero-order chi connectivity index (χ0) is 22.1. The van der Waals surface area contributed by atoms with E-state index in [0.29, 0.717) is 24.7 Å². The van der Waals surface area contributed by atoms with Gasteiger partial charge in [0.1, 0.15) is 24.4 Å². The maximum Gasteiger partial charge on any atom is 0.162 e. The van der Waals surface area contributed by atoms with Crippen molar-refractivity contribution in [2.75, 3.05) is 50.0 Å². The topological polar surface area (TPSA) is 106 Å². The van der Waals surface area contributed by atoms with Crippen LogP contribution >= 0.6 is 23.2 Å². The molecule has 30 heavy (non-hydrogen) atoms. The largest absolute Gasteiger partial charge is 0.394 e. The minimum Gasteiger partial charge on any atom is -0.394 e. The molecule has 0 aliphatic carbocycles. The molecule has 10 heteroatoms. The first-order valence-corrected chi connectivity index (χ1v) is 11.1. The van der Waals surface area contributed by atoms with Crippen molar-refractivity contribution in [3.63, 3.8) is 0 Å². The molecule has 0 bridgehead atoms. The fourth-order valence-electron chi connectivity index (χ4n) is 3.53. The molecule has 1 aromatic carbocycles. The molecule has 4 N–H and O–H groups in total. The van der Waals surface area contributed by atoms with E-state index in [1.807, 2.05) is 12.1 Å². The van der Waals surface area contributed by atoms with Crippen molar-refractivity contribution in [1.82, 2.24) is 5.06 Å². The van der Waals surface area contributed by atoms with Gasteiger partial charge in [0.25, 0.3) is 0 Å². The fraction of sp³-hybridized carbons (Fsp3) is 0.700. The van der Waals surface area contributed by atoms with Gasteiger partial charge in [-0.25, -0.2) is 0 Å². The summed E-state index contributed by atoms with van der Waals surface area (Å²) in [5, 5.41) is 40.9. The van der Waals surface area contributed by atoms with E-state index in [9.17, 15) is 20.4 Å². The second kappa shape index (κ2) is 13.0. The van der Waals surface area contributed by atoms with Crippen LogP contribution < -0.4 is 4.90 Å². The van der Waals surface area contributed by atoms with Crippen LogP contribution in [0.15, 0.2) is 24.3 Å². The third kappa shape index (κ3) is 6.66. The van der Waals surface area contributed by atoms with E-state index >= 15 is 0 Å². The Bertz CT molecular complexity index is 603. The van der Waals surface area contributed by atoms with Crippen LogP contribution in [0.4, 0.5) is 5.69 Å². The van der Waals surface area contributed by atoms with Gasteiger partial charge in [-0.15, -0.1) is 23.2 Å². The SMILES string of the molecule is CON(CCCc1ccc(N(CCCl)CCCl)cc1)[C@@H]1O[C@H](CO)[C@H](O)[C@H](O)[C@@H]1O. The predicted molar refractivity (Wildman–Crippen MR) is 116 cm³/mol. The Hall–Kier alpha value is -0.680. The first-order valence-electron chi connectivity index (χ1n) is 10.0. The molecular formula is C20H32Cl2N2O6. The Morgan fingerprint density at radius 3 is 2.13 bits per heavy atom. The molecule has 2 rings (SSSR count). The summed E-state index contributed by atoms with van der Waals surface area (Å²) in [6.07, 6.45) is -4.68. The number of aliphatic hydroxyl groups is 4. The van der Waals surface area contributed by atoms with E-state index in [0.717, 1.165) is 30.8 Å². The average Bonchev–Trinajstić information content (AvgIpc) is 2.76. The molecule has 1 aromatic rings. The molecule has 1 fully saturated rings. The number of rotatable bonds is 12. The van der Waals surface area contributed by atoms with Crippen molar-refractivity contribution >= 4 is 28.9 Å². The summed E-state index contributed by atoms with van der Waals surface area (Å²) >= 11 is 11.7. The smallest absolute Gasteiger partial charge is 0.162 e. The quantitative estimate of drug-likeness (QED) is 0.261. The molecule has 1 aliphatic rings. The molecule has 1 saturated heterocycles. The van der Waals surface area contributed by atoms with E-state index in [2.05, 4.69) is 17.0 Å². The number of ether oxygens (including phenoxy) is 1. The van der Waals surface area contributed by atoms with E-state index in [4.69, 9.17) is 32.8 Å². The first-order chi connectivity index (χ1) is 14.5. The molecule has 1 heterocycles. The molecule has 172 valence electrons. The molecule has 8 nitrogen and oxygen atoms in total. The van der Waals surface area contributed by atoms with Crippen LogP contribution in [0.1, 0.15) is 12.0 Å².